The van der Waals surface area contributed by atoms with Crippen molar-refractivity contribution in [2.24, 2.45) is 4.99 Å². The maximum Gasteiger partial charge on any atom is 0.325 e. The van der Waals surface area contributed by atoms with E-state index in [0.29, 0.717) is 24.6 Å². The first kappa shape index (κ1) is 22.4. The van der Waals surface area contributed by atoms with Gasteiger partial charge in [0.05, 0.1) is 43.0 Å². The standard InChI is InChI=1S/C24H32N6O2/c1-25-17-21-26-15-20(16-27-21)29-18-23(30(13-14-31)22(29)32)9-11-24(12-10-23,28(2)3)19-7-5-4-6-8-19/h4-8,15-17,31H,9-14,18H2,1-3H3/b25-17-/t23-,24+. The van der Waals surface area contributed by atoms with Crippen LogP contribution in [-0.2, 0) is 5.54 Å². The number of hydrogen-bond acceptors (Lipinski definition) is 6. The highest BCUT2D eigenvalue weighted by molar-refractivity contribution is 5.95. The van der Waals surface area contributed by atoms with E-state index in [4.69, 9.17) is 0 Å². The van der Waals surface area contributed by atoms with Gasteiger partial charge in [0.2, 0.25) is 0 Å². The number of carbonyl (C=O) groups is 1. The first-order valence-corrected chi connectivity index (χ1v) is 11.1. The summed E-state index contributed by atoms with van der Waals surface area (Å²) in [5, 5.41) is 9.72. The number of hydrogen-bond donors (Lipinski definition) is 1. The Labute approximate surface area is 189 Å². The third kappa shape index (κ3) is 3.78. The quantitative estimate of drug-likeness (QED) is 0.704. The van der Waals surface area contributed by atoms with Gasteiger partial charge in [-0.15, -0.1) is 0 Å². The molecular weight excluding hydrogens is 404 g/mol. The fraction of sp³-hybridized carbons (Fsp3) is 0.500. The van der Waals surface area contributed by atoms with Crippen LogP contribution in [0.2, 0.25) is 0 Å². The number of urea groups is 1. The number of carbonyl (C=O) groups excluding carboxylic acids is 1. The Bertz CT molecular complexity index is 952. The molecule has 0 atom stereocenters. The van der Waals surface area contributed by atoms with Gasteiger partial charge < -0.3 is 10.0 Å². The van der Waals surface area contributed by atoms with Crippen molar-refractivity contribution in [3.63, 3.8) is 0 Å². The van der Waals surface area contributed by atoms with Crippen molar-refractivity contribution < 1.29 is 9.90 Å². The Kier molecular flexibility index (Phi) is 6.26. The maximum absolute atomic E-state index is 13.4. The summed E-state index contributed by atoms with van der Waals surface area (Å²) in [4.78, 5) is 31.9. The minimum Gasteiger partial charge on any atom is -0.395 e. The van der Waals surface area contributed by atoms with Gasteiger partial charge in [0.15, 0.2) is 5.82 Å². The number of aromatic nitrogens is 2. The molecule has 2 amide bonds. The number of rotatable bonds is 6. The number of anilines is 1. The Hall–Kier alpha value is -2.84. The maximum atomic E-state index is 13.4. The lowest BCUT2D eigenvalue weighted by atomic mass is 9.68. The molecule has 1 aliphatic carbocycles. The summed E-state index contributed by atoms with van der Waals surface area (Å²) in [6, 6.07) is 10.6. The summed E-state index contributed by atoms with van der Waals surface area (Å²) in [6.45, 7) is 0.854. The van der Waals surface area contributed by atoms with Crippen LogP contribution in [0, 0.1) is 0 Å². The largest absolute Gasteiger partial charge is 0.395 e. The molecule has 2 aromatic rings. The average Bonchev–Trinajstić information content (AvgIpc) is 3.07. The molecule has 0 radical (unpaired) electrons. The summed E-state index contributed by atoms with van der Waals surface area (Å²) >= 11 is 0. The van der Waals surface area contributed by atoms with Crippen LogP contribution in [0.15, 0.2) is 47.7 Å². The van der Waals surface area contributed by atoms with Crippen LogP contribution in [-0.4, -0.2) is 83.5 Å². The van der Waals surface area contributed by atoms with Crippen LogP contribution in [0.1, 0.15) is 37.1 Å². The number of amides is 2. The highest BCUT2D eigenvalue weighted by Crippen LogP contribution is 2.49. The number of benzene rings is 1. The highest BCUT2D eigenvalue weighted by atomic mass is 16.3. The topological polar surface area (TPSA) is 85.2 Å². The second kappa shape index (κ2) is 8.96. The number of nitrogens with zero attached hydrogens (tertiary/aromatic N) is 6. The predicted octanol–water partition coefficient (Wildman–Crippen LogP) is 2.53. The SMILES string of the molecule is C/N=C\c1ncc(N2C[C@]3(CC[C@](c4ccccc4)(N(C)C)CC3)N(CCO)C2=O)cn1. The molecule has 1 aliphatic heterocycles. The monoisotopic (exact) mass is 436 g/mol. The lowest BCUT2D eigenvalue weighted by Crippen LogP contribution is -2.55. The first-order chi connectivity index (χ1) is 15.5. The minimum atomic E-state index is -0.308. The Morgan fingerprint density at radius 3 is 2.34 bits per heavy atom. The second-order valence-corrected chi connectivity index (χ2v) is 8.95. The van der Waals surface area contributed by atoms with Gasteiger partial charge in [-0.3, -0.25) is 14.8 Å². The van der Waals surface area contributed by atoms with Crippen molar-refractivity contribution in [3.05, 3.63) is 54.1 Å². The van der Waals surface area contributed by atoms with E-state index in [0.717, 1.165) is 25.7 Å². The second-order valence-electron chi connectivity index (χ2n) is 8.95. The van der Waals surface area contributed by atoms with Crippen LogP contribution in [0.4, 0.5) is 10.5 Å². The van der Waals surface area contributed by atoms with E-state index in [1.54, 1.807) is 30.6 Å². The molecule has 0 unspecified atom stereocenters. The van der Waals surface area contributed by atoms with Crippen molar-refractivity contribution >= 4 is 17.9 Å². The van der Waals surface area contributed by atoms with E-state index >= 15 is 0 Å². The summed E-state index contributed by atoms with van der Waals surface area (Å²) in [6.07, 6.45) is 8.54. The molecule has 4 rings (SSSR count). The molecule has 32 heavy (non-hydrogen) atoms. The highest BCUT2D eigenvalue weighted by Gasteiger charge is 2.54. The van der Waals surface area contributed by atoms with E-state index in [9.17, 15) is 9.90 Å². The van der Waals surface area contributed by atoms with Crippen LogP contribution in [0.5, 0.6) is 0 Å². The van der Waals surface area contributed by atoms with Crippen LogP contribution >= 0.6 is 0 Å². The third-order valence-corrected chi connectivity index (χ3v) is 7.20. The number of aliphatic hydroxyl groups excluding tert-OH is 1. The lowest BCUT2D eigenvalue weighted by molar-refractivity contribution is 0.0216. The molecule has 1 N–H and O–H groups in total. The van der Waals surface area contributed by atoms with E-state index in [1.807, 2.05) is 11.0 Å². The zero-order valence-corrected chi connectivity index (χ0v) is 19.1. The molecule has 8 nitrogen and oxygen atoms in total. The van der Waals surface area contributed by atoms with Crippen molar-refractivity contribution in [3.8, 4) is 0 Å². The molecular formula is C24H32N6O2. The van der Waals surface area contributed by atoms with E-state index < -0.39 is 0 Å². The van der Waals surface area contributed by atoms with Gasteiger partial charge in [0.25, 0.3) is 0 Å². The smallest absolute Gasteiger partial charge is 0.325 e. The molecule has 2 heterocycles. The third-order valence-electron chi connectivity index (χ3n) is 7.20. The van der Waals surface area contributed by atoms with Gasteiger partial charge in [-0.05, 0) is 45.3 Å². The molecule has 2 fully saturated rings. The van der Waals surface area contributed by atoms with Gasteiger partial charge in [-0.2, -0.15) is 0 Å². The molecule has 1 aromatic heterocycles. The fourth-order valence-corrected chi connectivity index (χ4v) is 5.38. The first-order valence-electron chi connectivity index (χ1n) is 11.1. The summed E-state index contributed by atoms with van der Waals surface area (Å²) in [5.41, 5.74) is 1.63. The van der Waals surface area contributed by atoms with E-state index in [2.05, 4.69) is 58.2 Å². The lowest BCUT2D eigenvalue weighted by Gasteiger charge is -2.51. The van der Waals surface area contributed by atoms with Gasteiger partial charge in [-0.1, -0.05) is 30.3 Å². The zero-order valence-electron chi connectivity index (χ0n) is 19.1. The van der Waals surface area contributed by atoms with Crippen molar-refractivity contribution in [1.82, 2.24) is 19.8 Å². The molecule has 1 aromatic carbocycles. The van der Waals surface area contributed by atoms with Gasteiger partial charge in [-0.25, -0.2) is 14.8 Å². The molecule has 1 saturated heterocycles. The predicted molar refractivity (Wildman–Crippen MR) is 125 cm³/mol. The van der Waals surface area contributed by atoms with Crippen LogP contribution in [0.25, 0.3) is 0 Å². The van der Waals surface area contributed by atoms with Gasteiger partial charge in [0, 0.05) is 19.1 Å². The molecule has 2 aliphatic rings. The normalized spacial score (nSPS) is 26.1. The van der Waals surface area contributed by atoms with E-state index in [1.165, 1.54) is 5.56 Å². The summed E-state index contributed by atoms with van der Waals surface area (Å²) < 4.78 is 0. The molecule has 170 valence electrons. The number of β-amino-alcohol motifs (C(OH)–C–C–N with tert-alkyl or cyclic N) is 1. The van der Waals surface area contributed by atoms with Crippen molar-refractivity contribution in [2.75, 3.05) is 45.7 Å². The molecule has 0 bridgehead atoms. The summed E-state index contributed by atoms with van der Waals surface area (Å²) in [5.74, 6) is 0.515. The average molecular weight is 437 g/mol. The zero-order chi connectivity index (χ0) is 22.8. The number of aliphatic hydroxyl groups is 1. The van der Waals surface area contributed by atoms with Crippen LogP contribution in [0.3, 0.4) is 0 Å². The minimum absolute atomic E-state index is 0.0543. The molecule has 8 heteroatoms. The van der Waals surface area contributed by atoms with Gasteiger partial charge >= 0.3 is 6.03 Å². The molecule has 1 saturated carbocycles. The van der Waals surface area contributed by atoms with Gasteiger partial charge in [0.1, 0.15) is 0 Å². The van der Waals surface area contributed by atoms with E-state index in [-0.39, 0.29) is 23.7 Å². The van der Waals surface area contributed by atoms with Crippen LogP contribution < -0.4 is 4.90 Å². The molecule has 1 spiro atoms. The number of aliphatic imine (C=N–C) groups is 1. The van der Waals surface area contributed by atoms with Crippen molar-refractivity contribution in [2.45, 2.75) is 36.8 Å². The Balaban J connectivity index is 1.61. The van der Waals surface area contributed by atoms with Crippen molar-refractivity contribution in [1.29, 1.82) is 0 Å². The fourth-order valence-electron chi connectivity index (χ4n) is 5.38. The Morgan fingerprint density at radius 1 is 1.12 bits per heavy atom. The Morgan fingerprint density at radius 2 is 1.78 bits per heavy atom. The summed E-state index contributed by atoms with van der Waals surface area (Å²) in [7, 11) is 5.95.